The molecule has 2 aromatic rings. The van der Waals surface area contributed by atoms with Gasteiger partial charge in [-0.25, -0.2) is 0 Å². The highest BCUT2D eigenvalue weighted by Gasteiger charge is 2.22. The maximum atomic E-state index is 12.3. The molecule has 0 aromatic heterocycles. The van der Waals surface area contributed by atoms with Gasteiger partial charge in [0, 0.05) is 6.04 Å². The van der Waals surface area contributed by atoms with Crippen molar-refractivity contribution in [3.8, 4) is 17.2 Å². The Morgan fingerprint density at radius 3 is 2.48 bits per heavy atom. The maximum absolute atomic E-state index is 12.3. The van der Waals surface area contributed by atoms with Gasteiger partial charge >= 0.3 is 0 Å². The molecule has 0 aliphatic heterocycles. The molecule has 0 heterocycles. The van der Waals surface area contributed by atoms with Crippen molar-refractivity contribution in [3.05, 3.63) is 53.1 Å². The number of aromatic hydroxyl groups is 1. The van der Waals surface area contributed by atoms with Crippen LogP contribution >= 0.6 is 0 Å². The Kier molecular flexibility index (Phi) is 4.24. The zero-order valence-electron chi connectivity index (χ0n) is 13.4. The van der Waals surface area contributed by atoms with Gasteiger partial charge in [0.1, 0.15) is 17.2 Å². The number of amides is 1. The van der Waals surface area contributed by atoms with Gasteiger partial charge < -0.3 is 15.2 Å². The number of phenolic OH excluding ortho intramolecular Hbond substituents is 1. The van der Waals surface area contributed by atoms with Crippen LogP contribution in [0.1, 0.15) is 40.7 Å². The number of carbonyl (C=O) groups excluding carboxylic acids is 1. The first-order valence-electron chi connectivity index (χ1n) is 7.92. The summed E-state index contributed by atoms with van der Waals surface area (Å²) in [6.07, 6.45) is 3.16. The van der Waals surface area contributed by atoms with E-state index in [-0.39, 0.29) is 23.3 Å². The van der Waals surface area contributed by atoms with Crippen LogP contribution in [0.4, 0.5) is 0 Å². The molecule has 1 aliphatic rings. The van der Waals surface area contributed by atoms with E-state index in [9.17, 15) is 9.90 Å². The number of para-hydroxylation sites is 1. The third-order valence-corrected chi connectivity index (χ3v) is 4.28. The van der Waals surface area contributed by atoms with Gasteiger partial charge in [-0.1, -0.05) is 18.2 Å². The van der Waals surface area contributed by atoms with Crippen LogP contribution < -0.4 is 10.1 Å². The molecule has 1 fully saturated rings. The van der Waals surface area contributed by atoms with E-state index in [0.29, 0.717) is 5.75 Å². The lowest BCUT2D eigenvalue weighted by atomic mass is 9.93. The highest BCUT2D eigenvalue weighted by atomic mass is 16.5. The highest BCUT2D eigenvalue weighted by molar-refractivity contribution is 5.97. The average Bonchev–Trinajstić information content (AvgIpc) is 2.48. The molecule has 0 spiro atoms. The number of carbonyl (C=O) groups is 1. The Bertz CT molecular complexity index is 715. The minimum Gasteiger partial charge on any atom is -0.507 e. The van der Waals surface area contributed by atoms with Crippen molar-refractivity contribution in [3.63, 3.8) is 0 Å². The normalized spacial score (nSPS) is 14.2. The first-order valence-corrected chi connectivity index (χ1v) is 7.92. The summed E-state index contributed by atoms with van der Waals surface area (Å²) in [6.45, 7) is 3.96. The van der Waals surface area contributed by atoms with Crippen LogP contribution in [0.5, 0.6) is 17.2 Å². The summed E-state index contributed by atoms with van der Waals surface area (Å²) in [7, 11) is 0. The SMILES string of the molecule is Cc1cccc(C)c1Oc1ccc(O)c(C(=O)NC2CCC2)c1. The van der Waals surface area contributed by atoms with Crippen molar-refractivity contribution in [2.24, 2.45) is 0 Å². The summed E-state index contributed by atoms with van der Waals surface area (Å²) in [5, 5.41) is 12.9. The van der Waals surface area contributed by atoms with Crippen LogP contribution in [0.3, 0.4) is 0 Å². The number of hydrogen-bond acceptors (Lipinski definition) is 3. The lowest BCUT2D eigenvalue weighted by molar-refractivity contribution is 0.0914. The van der Waals surface area contributed by atoms with Crippen molar-refractivity contribution >= 4 is 5.91 Å². The van der Waals surface area contributed by atoms with Crippen LogP contribution in [-0.2, 0) is 0 Å². The van der Waals surface area contributed by atoms with Gasteiger partial charge in [-0.15, -0.1) is 0 Å². The predicted molar refractivity (Wildman–Crippen MR) is 89.2 cm³/mol. The van der Waals surface area contributed by atoms with Gasteiger partial charge in [0.15, 0.2) is 0 Å². The Balaban J connectivity index is 1.83. The number of nitrogens with one attached hydrogen (secondary N) is 1. The molecule has 23 heavy (non-hydrogen) atoms. The summed E-state index contributed by atoms with van der Waals surface area (Å²) in [4.78, 5) is 12.3. The lowest BCUT2D eigenvalue weighted by Crippen LogP contribution is -2.39. The third-order valence-electron chi connectivity index (χ3n) is 4.28. The van der Waals surface area contributed by atoms with Crippen molar-refractivity contribution in [2.75, 3.05) is 0 Å². The van der Waals surface area contributed by atoms with E-state index >= 15 is 0 Å². The molecule has 0 saturated heterocycles. The summed E-state index contributed by atoms with van der Waals surface area (Å²) < 4.78 is 5.94. The molecule has 1 amide bonds. The van der Waals surface area contributed by atoms with Crippen molar-refractivity contribution in [2.45, 2.75) is 39.2 Å². The van der Waals surface area contributed by atoms with Crippen molar-refractivity contribution < 1.29 is 14.6 Å². The van der Waals surface area contributed by atoms with Crippen LogP contribution in [-0.4, -0.2) is 17.1 Å². The smallest absolute Gasteiger partial charge is 0.255 e. The second kappa shape index (κ2) is 6.32. The molecule has 0 atom stereocenters. The first kappa shape index (κ1) is 15.4. The molecule has 1 aliphatic carbocycles. The van der Waals surface area contributed by atoms with Gasteiger partial charge in [-0.2, -0.15) is 0 Å². The zero-order chi connectivity index (χ0) is 16.4. The molecule has 120 valence electrons. The minimum atomic E-state index is -0.251. The molecule has 2 N–H and O–H groups in total. The van der Waals surface area contributed by atoms with Gasteiger partial charge in [-0.05, 0) is 62.4 Å². The van der Waals surface area contributed by atoms with Crippen LogP contribution in [0.2, 0.25) is 0 Å². The van der Waals surface area contributed by atoms with E-state index in [1.54, 1.807) is 12.1 Å². The fourth-order valence-corrected chi connectivity index (χ4v) is 2.65. The molecule has 2 aromatic carbocycles. The summed E-state index contributed by atoms with van der Waals surface area (Å²) in [5.41, 5.74) is 2.30. The molecular weight excluding hydrogens is 290 g/mol. The molecular formula is C19H21NO3. The number of aryl methyl sites for hydroxylation is 2. The van der Waals surface area contributed by atoms with Crippen molar-refractivity contribution in [1.29, 1.82) is 0 Å². The van der Waals surface area contributed by atoms with Crippen LogP contribution in [0.15, 0.2) is 36.4 Å². The monoisotopic (exact) mass is 311 g/mol. The van der Waals surface area contributed by atoms with Gasteiger partial charge in [0.25, 0.3) is 5.91 Å². The van der Waals surface area contributed by atoms with E-state index in [1.165, 1.54) is 6.07 Å². The van der Waals surface area contributed by atoms with Gasteiger partial charge in [0.2, 0.25) is 0 Å². The number of rotatable bonds is 4. The Hall–Kier alpha value is -2.49. The van der Waals surface area contributed by atoms with E-state index in [2.05, 4.69) is 5.32 Å². The van der Waals surface area contributed by atoms with Crippen molar-refractivity contribution in [1.82, 2.24) is 5.32 Å². The first-order chi connectivity index (χ1) is 11.0. The number of benzene rings is 2. The average molecular weight is 311 g/mol. The predicted octanol–water partition coefficient (Wildman–Crippen LogP) is 4.08. The number of ether oxygens (including phenoxy) is 1. The lowest BCUT2D eigenvalue weighted by Gasteiger charge is -2.26. The second-order valence-electron chi connectivity index (χ2n) is 6.10. The maximum Gasteiger partial charge on any atom is 0.255 e. The fourth-order valence-electron chi connectivity index (χ4n) is 2.65. The highest BCUT2D eigenvalue weighted by Crippen LogP contribution is 2.31. The molecule has 0 bridgehead atoms. The van der Waals surface area contributed by atoms with Gasteiger partial charge in [0.05, 0.1) is 5.56 Å². The van der Waals surface area contributed by atoms with Gasteiger partial charge in [-0.3, -0.25) is 4.79 Å². The fraction of sp³-hybridized carbons (Fsp3) is 0.316. The minimum absolute atomic E-state index is 0.0318. The van der Waals surface area contributed by atoms with Crippen LogP contribution in [0, 0.1) is 13.8 Å². The molecule has 0 unspecified atom stereocenters. The topological polar surface area (TPSA) is 58.6 Å². The molecule has 0 radical (unpaired) electrons. The van der Waals surface area contributed by atoms with E-state index in [0.717, 1.165) is 36.1 Å². The quantitative estimate of drug-likeness (QED) is 0.894. The summed E-state index contributed by atoms with van der Waals surface area (Å²) >= 11 is 0. The van der Waals surface area contributed by atoms with E-state index in [4.69, 9.17) is 4.74 Å². The summed E-state index contributed by atoms with van der Waals surface area (Å²) in [5.74, 6) is 1.04. The number of hydrogen-bond donors (Lipinski definition) is 2. The van der Waals surface area contributed by atoms with E-state index < -0.39 is 0 Å². The van der Waals surface area contributed by atoms with E-state index in [1.807, 2.05) is 32.0 Å². The third kappa shape index (κ3) is 3.31. The molecule has 1 saturated carbocycles. The Labute approximate surface area is 136 Å². The van der Waals surface area contributed by atoms with Crippen LogP contribution in [0.25, 0.3) is 0 Å². The molecule has 4 nitrogen and oxygen atoms in total. The second-order valence-corrected chi connectivity index (χ2v) is 6.10. The number of phenols is 1. The molecule has 3 rings (SSSR count). The standard InChI is InChI=1S/C19H21NO3/c1-12-5-3-6-13(2)18(12)23-15-9-10-17(21)16(11-15)19(22)20-14-7-4-8-14/h3,5-6,9-11,14,21H,4,7-8H2,1-2H3,(H,20,22). The Morgan fingerprint density at radius 1 is 1.17 bits per heavy atom. The largest absolute Gasteiger partial charge is 0.507 e. The molecule has 4 heteroatoms. The zero-order valence-corrected chi connectivity index (χ0v) is 13.4. The Morgan fingerprint density at radius 2 is 1.87 bits per heavy atom. The summed E-state index contributed by atoms with van der Waals surface area (Å²) in [6, 6.07) is 10.9.